The number of halogens is 1. The molecule has 0 aliphatic rings. The fraction of sp³-hybridized carbons (Fsp3) is 0.222. The summed E-state index contributed by atoms with van der Waals surface area (Å²) < 4.78 is 11.3. The van der Waals surface area contributed by atoms with E-state index in [1.807, 2.05) is 42.5 Å². The van der Waals surface area contributed by atoms with Crippen LogP contribution in [0.5, 0.6) is 5.75 Å². The van der Waals surface area contributed by atoms with Crippen LogP contribution >= 0.6 is 15.9 Å². The zero-order valence-corrected chi connectivity index (χ0v) is 14.8. The van der Waals surface area contributed by atoms with E-state index in [-0.39, 0.29) is 12.5 Å². The molecular weight excluding hydrogens is 374 g/mol. The van der Waals surface area contributed by atoms with Crippen molar-refractivity contribution in [3.8, 4) is 5.75 Å². The van der Waals surface area contributed by atoms with Gasteiger partial charge < -0.3 is 14.8 Å². The van der Waals surface area contributed by atoms with Crippen LogP contribution in [-0.4, -0.2) is 24.6 Å². The molecular formula is C18H18BrNO4. The van der Waals surface area contributed by atoms with Gasteiger partial charge in [0.05, 0.1) is 0 Å². The zero-order chi connectivity index (χ0) is 17.4. The van der Waals surface area contributed by atoms with E-state index in [2.05, 4.69) is 21.2 Å². The zero-order valence-electron chi connectivity index (χ0n) is 13.2. The number of rotatable bonds is 7. The van der Waals surface area contributed by atoms with Gasteiger partial charge in [0.2, 0.25) is 0 Å². The van der Waals surface area contributed by atoms with Crippen molar-refractivity contribution in [2.45, 2.75) is 19.6 Å². The minimum absolute atomic E-state index is 0.334. The number of hydrogen-bond donors (Lipinski definition) is 1. The maximum absolute atomic E-state index is 11.9. The third-order valence-corrected chi connectivity index (χ3v) is 3.67. The van der Waals surface area contributed by atoms with Gasteiger partial charge in [-0.25, -0.2) is 4.79 Å². The normalized spacial score (nSPS) is 11.4. The summed E-state index contributed by atoms with van der Waals surface area (Å²) >= 11 is 3.32. The molecule has 0 radical (unpaired) electrons. The number of amides is 1. The van der Waals surface area contributed by atoms with E-state index in [1.165, 1.54) is 0 Å². The Hall–Kier alpha value is -2.34. The van der Waals surface area contributed by atoms with E-state index in [9.17, 15) is 9.59 Å². The summed E-state index contributed by atoms with van der Waals surface area (Å²) in [6, 6.07) is 16.6. The highest BCUT2D eigenvalue weighted by molar-refractivity contribution is 9.10. The fourth-order valence-electron chi connectivity index (χ4n) is 1.87. The molecule has 2 aromatic carbocycles. The van der Waals surface area contributed by atoms with E-state index < -0.39 is 12.1 Å². The number of esters is 1. The highest BCUT2D eigenvalue weighted by Crippen LogP contribution is 2.17. The minimum Gasteiger partial charge on any atom is -0.479 e. The van der Waals surface area contributed by atoms with Crippen LogP contribution in [0.15, 0.2) is 59.1 Å². The van der Waals surface area contributed by atoms with E-state index in [0.29, 0.717) is 12.3 Å². The average molecular weight is 392 g/mol. The van der Waals surface area contributed by atoms with Gasteiger partial charge in [-0.1, -0.05) is 46.3 Å². The molecule has 0 bridgehead atoms. The topological polar surface area (TPSA) is 64.6 Å². The van der Waals surface area contributed by atoms with Crippen molar-refractivity contribution in [2.75, 3.05) is 6.61 Å². The van der Waals surface area contributed by atoms with E-state index in [1.54, 1.807) is 19.1 Å². The number of hydrogen-bond acceptors (Lipinski definition) is 4. The van der Waals surface area contributed by atoms with Crippen LogP contribution in [0.25, 0.3) is 0 Å². The Labute approximate surface area is 149 Å². The molecule has 1 amide bonds. The lowest BCUT2D eigenvalue weighted by atomic mass is 10.2. The molecule has 0 aliphatic heterocycles. The smallest absolute Gasteiger partial charge is 0.347 e. The summed E-state index contributed by atoms with van der Waals surface area (Å²) in [5.74, 6) is -0.396. The number of ether oxygens (including phenoxy) is 2. The first kappa shape index (κ1) is 18.0. The first-order valence-corrected chi connectivity index (χ1v) is 8.23. The maximum atomic E-state index is 11.9. The number of carbonyl (C=O) groups is 2. The van der Waals surface area contributed by atoms with Gasteiger partial charge in [-0.15, -0.1) is 0 Å². The molecule has 0 spiro atoms. The summed E-state index contributed by atoms with van der Waals surface area (Å²) in [6.45, 7) is 1.63. The Balaban J connectivity index is 1.71. The van der Waals surface area contributed by atoms with Crippen molar-refractivity contribution in [1.29, 1.82) is 0 Å². The first-order chi connectivity index (χ1) is 11.5. The minimum atomic E-state index is -0.798. The second-order valence-electron chi connectivity index (χ2n) is 5.08. The molecule has 0 saturated carbocycles. The van der Waals surface area contributed by atoms with Gasteiger partial charge in [0, 0.05) is 11.0 Å². The van der Waals surface area contributed by atoms with Crippen LogP contribution in [-0.2, 0) is 20.9 Å². The van der Waals surface area contributed by atoms with E-state index in [0.717, 1.165) is 10.0 Å². The number of carbonyl (C=O) groups excluding carboxylic acids is 2. The summed E-state index contributed by atoms with van der Waals surface area (Å²) in [7, 11) is 0. The second kappa shape index (κ2) is 9.08. The van der Waals surface area contributed by atoms with Gasteiger partial charge in [0.15, 0.2) is 12.7 Å². The first-order valence-electron chi connectivity index (χ1n) is 7.44. The standard InChI is InChI=1S/C18H18BrNO4/c1-13(24-16-9-7-15(19)8-10-16)18(22)23-12-17(21)20-11-14-5-3-2-4-6-14/h2-10,13H,11-12H2,1H3,(H,20,21)/t13-/m0/s1. The van der Waals surface area contributed by atoms with Gasteiger partial charge in [0.1, 0.15) is 5.75 Å². The quantitative estimate of drug-likeness (QED) is 0.736. The average Bonchev–Trinajstić information content (AvgIpc) is 2.60. The van der Waals surface area contributed by atoms with Crippen molar-refractivity contribution in [1.82, 2.24) is 5.32 Å². The predicted octanol–water partition coefficient (Wildman–Crippen LogP) is 3.08. The van der Waals surface area contributed by atoms with Crippen LogP contribution in [0.4, 0.5) is 0 Å². The Kier molecular flexibility index (Phi) is 6.81. The van der Waals surface area contributed by atoms with Gasteiger partial charge in [-0.05, 0) is 36.8 Å². The molecule has 126 valence electrons. The molecule has 24 heavy (non-hydrogen) atoms. The summed E-state index contributed by atoms with van der Waals surface area (Å²) in [5, 5.41) is 2.69. The van der Waals surface area contributed by atoms with Crippen LogP contribution in [0.1, 0.15) is 12.5 Å². The van der Waals surface area contributed by atoms with E-state index >= 15 is 0 Å². The molecule has 2 aromatic rings. The molecule has 1 atom stereocenters. The van der Waals surface area contributed by atoms with Crippen molar-refractivity contribution in [2.24, 2.45) is 0 Å². The molecule has 0 aliphatic carbocycles. The lowest BCUT2D eigenvalue weighted by Gasteiger charge is -2.14. The lowest BCUT2D eigenvalue weighted by molar-refractivity contribution is -0.154. The third kappa shape index (κ3) is 6.04. The predicted molar refractivity (Wildman–Crippen MR) is 93.5 cm³/mol. The summed E-state index contributed by atoms with van der Waals surface area (Å²) in [6.07, 6.45) is -0.798. The van der Waals surface area contributed by atoms with Gasteiger partial charge in [-0.2, -0.15) is 0 Å². The van der Waals surface area contributed by atoms with E-state index in [4.69, 9.17) is 9.47 Å². The lowest BCUT2D eigenvalue weighted by Crippen LogP contribution is -2.32. The molecule has 0 unspecified atom stereocenters. The summed E-state index contributed by atoms with van der Waals surface area (Å²) in [4.78, 5) is 23.6. The largest absolute Gasteiger partial charge is 0.479 e. The molecule has 2 rings (SSSR count). The molecule has 0 saturated heterocycles. The number of nitrogens with one attached hydrogen (secondary N) is 1. The highest BCUT2D eigenvalue weighted by atomic mass is 79.9. The molecule has 0 heterocycles. The molecule has 1 N–H and O–H groups in total. The van der Waals surface area contributed by atoms with Gasteiger partial charge in [0.25, 0.3) is 5.91 Å². The fourth-order valence-corrected chi connectivity index (χ4v) is 2.13. The Morgan fingerprint density at radius 2 is 1.75 bits per heavy atom. The van der Waals surface area contributed by atoms with Gasteiger partial charge in [-0.3, -0.25) is 4.79 Å². The van der Waals surface area contributed by atoms with Crippen molar-refractivity contribution >= 4 is 27.8 Å². The van der Waals surface area contributed by atoms with Crippen molar-refractivity contribution < 1.29 is 19.1 Å². The van der Waals surface area contributed by atoms with Crippen LogP contribution < -0.4 is 10.1 Å². The maximum Gasteiger partial charge on any atom is 0.347 e. The Bertz CT molecular complexity index is 673. The van der Waals surface area contributed by atoms with Crippen molar-refractivity contribution in [3.63, 3.8) is 0 Å². The van der Waals surface area contributed by atoms with Crippen LogP contribution in [0, 0.1) is 0 Å². The van der Waals surface area contributed by atoms with Crippen LogP contribution in [0.3, 0.4) is 0 Å². The molecule has 0 fully saturated rings. The summed E-state index contributed by atoms with van der Waals surface area (Å²) in [5.41, 5.74) is 0.976. The van der Waals surface area contributed by atoms with Crippen molar-refractivity contribution in [3.05, 3.63) is 64.6 Å². The molecule has 6 heteroatoms. The second-order valence-corrected chi connectivity index (χ2v) is 6.00. The third-order valence-electron chi connectivity index (χ3n) is 3.14. The highest BCUT2D eigenvalue weighted by Gasteiger charge is 2.17. The Morgan fingerprint density at radius 1 is 1.08 bits per heavy atom. The Morgan fingerprint density at radius 3 is 2.42 bits per heavy atom. The molecule has 5 nitrogen and oxygen atoms in total. The van der Waals surface area contributed by atoms with Gasteiger partial charge >= 0.3 is 5.97 Å². The monoisotopic (exact) mass is 391 g/mol. The van der Waals surface area contributed by atoms with Crippen LogP contribution in [0.2, 0.25) is 0 Å². The number of benzene rings is 2. The molecule has 0 aromatic heterocycles. The SMILES string of the molecule is C[C@H](Oc1ccc(Br)cc1)C(=O)OCC(=O)NCc1ccccc1.